The first kappa shape index (κ1) is 20.7. The van der Waals surface area contributed by atoms with Gasteiger partial charge in [-0.25, -0.2) is 0 Å². The molecule has 0 aromatic carbocycles. The van der Waals surface area contributed by atoms with Crippen LogP contribution in [0.2, 0.25) is 0 Å². The number of unbranched alkanes of at least 4 members (excludes halogenated alkanes) is 1. The van der Waals surface area contributed by atoms with Crippen molar-refractivity contribution in [3.05, 3.63) is 0 Å². The normalized spacial score (nSPS) is 14.9. The minimum absolute atomic E-state index is 0.359. The summed E-state index contributed by atoms with van der Waals surface area (Å²) in [5.74, 6) is 1.16. The molecule has 0 aromatic rings. The van der Waals surface area contributed by atoms with Crippen LogP contribution in [-0.2, 0) is 4.79 Å². The quantitative estimate of drug-likeness (QED) is 0.774. The summed E-state index contributed by atoms with van der Waals surface area (Å²) in [6.07, 6.45) is 5.22. The molecule has 0 unspecified atom stereocenters. The molecule has 0 saturated carbocycles. The van der Waals surface area contributed by atoms with Crippen molar-refractivity contribution < 1.29 is 4.79 Å². The van der Waals surface area contributed by atoms with Gasteiger partial charge in [-0.2, -0.15) is 0 Å². The molecule has 1 saturated heterocycles. The van der Waals surface area contributed by atoms with Crippen molar-refractivity contribution in [2.24, 2.45) is 5.92 Å². The van der Waals surface area contributed by atoms with Crippen LogP contribution in [-0.4, -0.2) is 37.5 Å². The first-order valence-electron chi connectivity index (χ1n) is 8.16. The highest BCUT2D eigenvalue weighted by Gasteiger charge is 2.19. The van der Waals surface area contributed by atoms with Gasteiger partial charge in [0.25, 0.3) is 0 Å². The van der Waals surface area contributed by atoms with Gasteiger partial charge in [0.15, 0.2) is 0 Å². The van der Waals surface area contributed by atoms with Crippen molar-refractivity contribution in [2.75, 3.05) is 26.7 Å². The van der Waals surface area contributed by atoms with Gasteiger partial charge in [-0.05, 0) is 45.2 Å². The smallest absolute Gasteiger partial charge is 0.222 e. The first-order chi connectivity index (χ1) is 9.24. The molecule has 19 heavy (non-hydrogen) atoms. The van der Waals surface area contributed by atoms with Crippen molar-refractivity contribution in [2.45, 2.75) is 66.7 Å². The number of nitrogens with zero attached hydrogens (tertiary/aromatic N) is 1. The maximum absolute atomic E-state index is 11.8. The second kappa shape index (κ2) is 15.5. The minimum atomic E-state index is 0.359. The van der Waals surface area contributed by atoms with E-state index in [1.807, 2.05) is 39.6 Å². The number of carbonyl (C=O) groups is 1. The van der Waals surface area contributed by atoms with Gasteiger partial charge in [-0.1, -0.05) is 34.6 Å². The van der Waals surface area contributed by atoms with Crippen LogP contribution in [0.3, 0.4) is 0 Å². The number of likely N-dealkylation sites (tertiary alicyclic amines) is 1. The Morgan fingerprint density at radius 3 is 2.11 bits per heavy atom. The second-order valence-electron chi connectivity index (χ2n) is 4.62. The van der Waals surface area contributed by atoms with Crippen LogP contribution in [0.4, 0.5) is 0 Å². The summed E-state index contributed by atoms with van der Waals surface area (Å²) in [7, 11) is 1.95. The Morgan fingerprint density at radius 1 is 1.11 bits per heavy atom. The van der Waals surface area contributed by atoms with E-state index in [0.29, 0.717) is 5.91 Å². The Balaban J connectivity index is 0. The number of piperidine rings is 1. The molecule has 0 atom stereocenters. The number of nitrogens with one attached hydrogen (secondary N) is 1. The molecule has 3 nitrogen and oxygen atoms in total. The molecule has 116 valence electrons. The van der Waals surface area contributed by atoms with E-state index in [9.17, 15) is 4.79 Å². The molecule has 1 N–H and O–H groups in total. The Morgan fingerprint density at radius 2 is 1.63 bits per heavy atom. The highest BCUT2D eigenvalue weighted by atomic mass is 16.2. The van der Waals surface area contributed by atoms with Crippen LogP contribution >= 0.6 is 0 Å². The van der Waals surface area contributed by atoms with Gasteiger partial charge in [0.05, 0.1) is 0 Å². The Hall–Kier alpha value is -0.570. The van der Waals surface area contributed by atoms with Gasteiger partial charge in [-0.3, -0.25) is 4.79 Å². The Bertz CT molecular complexity index is 187. The van der Waals surface area contributed by atoms with Crippen molar-refractivity contribution in [1.29, 1.82) is 0 Å². The lowest BCUT2D eigenvalue weighted by atomic mass is 9.99. The molecule has 1 amide bonds. The van der Waals surface area contributed by atoms with Gasteiger partial charge >= 0.3 is 0 Å². The van der Waals surface area contributed by atoms with Crippen molar-refractivity contribution in [3.63, 3.8) is 0 Å². The lowest BCUT2D eigenvalue weighted by Crippen LogP contribution is -2.37. The van der Waals surface area contributed by atoms with Crippen LogP contribution in [0, 0.1) is 5.92 Å². The third kappa shape index (κ3) is 11.0. The third-order valence-electron chi connectivity index (χ3n) is 3.20. The summed E-state index contributed by atoms with van der Waals surface area (Å²) in [5, 5.41) is 3.10. The standard InChI is InChI=1S/C12H24N2O.2C2H6/c1-11-6-9-14(10-7-11)12(15)5-3-4-8-13-2;2*1-2/h11,13H,3-10H2,1-2H3;2*1-2H3. The monoisotopic (exact) mass is 272 g/mol. The molecule has 1 heterocycles. The second-order valence-corrected chi connectivity index (χ2v) is 4.62. The average molecular weight is 272 g/mol. The zero-order chi connectivity index (χ0) is 15.1. The van der Waals surface area contributed by atoms with E-state index >= 15 is 0 Å². The van der Waals surface area contributed by atoms with E-state index in [1.54, 1.807) is 0 Å². The van der Waals surface area contributed by atoms with Gasteiger partial charge in [0, 0.05) is 19.5 Å². The molecule has 0 bridgehead atoms. The van der Waals surface area contributed by atoms with Crippen molar-refractivity contribution in [1.82, 2.24) is 10.2 Å². The van der Waals surface area contributed by atoms with E-state index in [-0.39, 0.29) is 0 Å². The Labute approximate surface area is 121 Å². The summed E-state index contributed by atoms with van der Waals surface area (Å²) < 4.78 is 0. The number of hydrogen-bond acceptors (Lipinski definition) is 2. The average Bonchev–Trinajstić information content (AvgIpc) is 2.48. The zero-order valence-corrected chi connectivity index (χ0v) is 14.1. The fourth-order valence-corrected chi connectivity index (χ4v) is 1.99. The predicted molar refractivity (Wildman–Crippen MR) is 85.5 cm³/mol. The van der Waals surface area contributed by atoms with E-state index < -0.39 is 0 Å². The summed E-state index contributed by atoms with van der Waals surface area (Å²) in [5.41, 5.74) is 0. The predicted octanol–water partition coefficient (Wildman–Crippen LogP) is 3.69. The van der Waals surface area contributed by atoms with Crippen LogP contribution < -0.4 is 5.32 Å². The third-order valence-corrected chi connectivity index (χ3v) is 3.20. The summed E-state index contributed by atoms with van der Waals surface area (Å²) in [6, 6.07) is 0. The zero-order valence-electron chi connectivity index (χ0n) is 14.1. The molecule has 0 aliphatic carbocycles. The summed E-state index contributed by atoms with van der Waals surface area (Å²) in [4.78, 5) is 13.8. The SMILES string of the molecule is CC.CC.CNCCCCC(=O)N1CCC(C)CC1. The molecular weight excluding hydrogens is 236 g/mol. The molecular formula is C16H36N2O. The lowest BCUT2D eigenvalue weighted by molar-refractivity contribution is -0.132. The van der Waals surface area contributed by atoms with Crippen molar-refractivity contribution in [3.8, 4) is 0 Å². The number of carbonyl (C=O) groups excluding carboxylic acids is 1. The maximum Gasteiger partial charge on any atom is 0.222 e. The molecule has 0 aromatic heterocycles. The maximum atomic E-state index is 11.8. The number of hydrogen-bond donors (Lipinski definition) is 1. The highest BCUT2D eigenvalue weighted by Crippen LogP contribution is 2.16. The van der Waals surface area contributed by atoms with Gasteiger partial charge in [0.1, 0.15) is 0 Å². The number of rotatable bonds is 5. The van der Waals surface area contributed by atoms with Crippen LogP contribution in [0.5, 0.6) is 0 Å². The van der Waals surface area contributed by atoms with Gasteiger partial charge in [-0.15, -0.1) is 0 Å². The molecule has 3 heteroatoms. The van der Waals surface area contributed by atoms with E-state index in [1.165, 1.54) is 12.8 Å². The topological polar surface area (TPSA) is 32.3 Å². The molecule has 1 fully saturated rings. The molecule has 0 spiro atoms. The lowest BCUT2D eigenvalue weighted by Gasteiger charge is -2.30. The molecule has 0 radical (unpaired) electrons. The van der Waals surface area contributed by atoms with E-state index in [0.717, 1.165) is 44.8 Å². The molecule has 1 aliphatic heterocycles. The number of amides is 1. The van der Waals surface area contributed by atoms with Gasteiger partial charge in [0.2, 0.25) is 5.91 Å². The molecule has 1 aliphatic rings. The Kier molecular flexibility index (Phi) is 16.9. The molecule has 1 rings (SSSR count). The van der Waals surface area contributed by atoms with Crippen LogP contribution in [0.15, 0.2) is 0 Å². The summed E-state index contributed by atoms with van der Waals surface area (Å²) in [6.45, 7) is 13.2. The van der Waals surface area contributed by atoms with E-state index in [4.69, 9.17) is 0 Å². The van der Waals surface area contributed by atoms with Crippen LogP contribution in [0.25, 0.3) is 0 Å². The fourth-order valence-electron chi connectivity index (χ4n) is 1.99. The first-order valence-corrected chi connectivity index (χ1v) is 8.16. The minimum Gasteiger partial charge on any atom is -0.343 e. The van der Waals surface area contributed by atoms with Gasteiger partial charge < -0.3 is 10.2 Å². The van der Waals surface area contributed by atoms with E-state index in [2.05, 4.69) is 12.2 Å². The largest absolute Gasteiger partial charge is 0.343 e. The van der Waals surface area contributed by atoms with Crippen LogP contribution in [0.1, 0.15) is 66.7 Å². The fraction of sp³-hybridized carbons (Fsp3) is 0.938. The van der Waals surface area contributed by atoms with Crippen molar-refractivity contribution >= 4 is 5.91 Å². The summed E-state index contributed by atoms with van der Waals surface area (Å²) >= 11 is 0. The highest BCUT2D eigenvalue weighted by molar-refractivity contribution is 5.76.